The molecule has 5 nitrogen and oxygen atoms in total. The van der Waals surface area contributed by atoms with Crippen LogP contribution in [0.1, 0.15) is 167 Å². The van der Waals surface area contributed by atoms with Gasteiger partial charge in [-0.15, -0.1) is 0 Å². The van der Waals surface area contributed by atoms with Crippen LogP contribution in [0.3, 0.4) is 0 Å². The molecule has 0 aromatic heterocycles. The minimum absolute atomic E-state index is 0.197. The number of alkyl halides is 3. The van der Waals surface area contributed by atoms with Gasteiger partial charge in [0.25, 0.3) is 10.1 Å². The van der Waals surface area contributed by atoms with E-state index >= 15 is 0 Å². The van der Waals surface area contributed by atoms with Gasteiger partial charge in [0, 0.05) is 6.42 Å². The smallest absolute Gasteiger partial charge is 0.426 e. The van der Waals surface area contributed by atoms with Crippen LogP contribution in [0, 0.1) is 0 Å². The zero-order chi connectivity index (χ0) is 29.2. The second kappa shape index (κ2) is 24.9. The fourth-order valence-corrected chi connectivity index (χ4v) is 5.48. The molecule has 0 aliphatic rings. The number of halogens is 3. The molecule has 0 aliphatic carbocycles. The van der Waals surface area contributed by atoms with Gasteiger partial charge in [0.15, 0.2) is 0 Å². The van der Waals surface area contributed by atoms with Crippen LogP contribution in [-0.2, 0) is 19.6 Å². The number of carbonyl (C=O) groups is 1. The summed E-state index contributed by atoms with van der Waals surface area (Å²) in [5.41, 5.74) is 0. The van der Waals surface area contributed by atoms with Crippen molar-refractivity contribution in [3.63, 3.8) is 0 Å². The van der Waals surface area contributed by atoms with Crippen LogP contribution in [0.5, 0.6) is 0 Å². The summed E-state index contributed by atoms with van der Waals surface area (Å²) < 4.78 is 72.6. The van der Waals surface area contributed by atoms with E-state index < -0.39 is 34.1 Å². The van der Waals surface area contributed by atoms with Gasteiger partial charge in [-0.3, -0.25) is 9.35 Å². The Labute approximate surface area is 237 Å². The average Bonchev–Trinajstić information content (AvgIpc) is 2.85. The Morgan fingerprint density at radius 1 is 0.615 bits per heavy atom. The molecule has 0 fully saturated rings. The Morgan fingerprint density at radius 2 is 0.897 bits per heavy atom. The molecular weight excluding hydrogens is 529 g/mol. The zero-order valence-electron chi connectivity index (χ0n) is 24.6. The molecule has 1 unspecified atom stereocenters. The first-order valence-electron chi connectivity index (χ1n) is 15.8. The molecule has 0 heterocycles. The highest BCUT2D eigenvalue weighted by Gasteiger charge is 2.45. The monoisotopic (exact) mass is 586 g/mol. The fraction of sp³-hybridized carbons (Fsp3) is 0.967. The van der Waals surface area contributed by atoms with Crippen molar-refractivity contribution < 1.29 is 35.7 Å². The molecule has 0 aromatic rings. The molecule has 1 N–H and O–H groups in total. The van der Waals surface area contributed by atoms with Crippen molar-refractivity contribution in [3.05, 3.63) is 0 Å². The van der Waals surface area contributed by atoms with Crippen LogP contribution in [0.15, 0.2) is 0 Å². The van der Waals surface area contributed by atoms with E-state index in [0.29, 0.717) is 12.8 Å². The summed E-state index contributed by atoms with van der Waals surface area (Å²) in [6, 6.07) is 0. The number of unbranched alkanes of at least 4 members (excludes halogenated alkanes) is 23. The van der Waals surface area contributed by atoms with Gasteiger partial charge in [0.05, 0.1) is 0 Å². The molecule has 0 spiro atoms. The van der Waals surface area contributed by atoms with Crippen molar-refractivity contribution in [1.29, 1.82) is 0 Å². The van der Waals surface area contributed by atoms with E-state index in [-0.39, 0.29) is 6.42 Å². The van der Waals surface area contributed by atoms with Crippen LogP contribution in [0.2, 0.25) is 0 Å². The van der Waals surface area contributed by atoms with E-state index in [1.165, 1.54) is 122 Å². The molecule has 9 heteroatoms. The molecule has 0 saturated carbocycles. The van der Waals surface area contributed by atoms with Gasteiger partial charge in [-0.2, -0.15) is 21.6 Å². The third-order valence-corrected chi connectivity index (χ3v) is 7.96. The maximum absolute atomic E-state index is 12.8. The molecular formula is C30H57F3O5S. The maximum Gasteiger partial charge on any atom is 0.426 e. The quantitative estimate of drug-likeness (QED) is 0.0560. The van der Waals surface area contributed by atoms with Gasteiger partial charge in [-0.1, -0.05) is 155 Å². The molecule has 0 bridgehead atoms. The molecule has 39 heavy (non-hydrogen) atoms. The number of rotatable bonds is 28. The zero-order valence-corrected chi connectivity index (χ0v) is 25.4. The summed E-state index contributed by atoms with van der Waals surface area (Å²) in [4.78, 5) is 11.6. The third kappa shape index (κ3) is 28.5. The van der Waals surface area contributed by atoms with Crippen molar-refractivity contribution >= 4 is 16.1 Å². The van der Waals surface area contributed by atoms with Crippen LogP contribution >= 0.6 is 0 Å². The van der Waals surface area contributed by atoms with Crippen LogP contribution in [0.4, 0.5) is 13.2 Å². The van der Waals surface area contributed by atoms with Crippen molar-refractivity contribution in [3.8, 4) is 0 Å². The normalized spacial score (nSPS) is 13.1. The Bertz CT molecular complexity index is 668. The van der Waals surface area contributed by atoms with E-state index in [1.807, 2.05) is 0 Å². The standard InChI is InChI=1S/C30H57F3O5S/c1-2-3-4-5-6-7-8-9-10-11-12-13-14-15-16-17-18-19-20-21-22-23-24-25-26-29(34)38-28(30(31,32)33)27-39(35,36)37/h28H,2-27H2,1H3,(H,35,36,37). The number of hydrogen-bond acceptors (Lipinski definition) is 4. The SMILES string of the molecule is CCCCCCCCCCCCCCCCCCCCCCCCCCC(=O)OC(CS(=O)(=O)O)C(F)(F)F. The second-order valence-corrected chi connectivity index (χ2v) is 12.6. The summed E-state index contributed by atoms with van der Waals surface area (Å²) in [5.74, 6) is -2.78. The van der Waals surface area contributed by atoms with Gasteiger partial charge in [0.2, 0.25) is 6.10 Å². The lowest BCUT2D eigenvalue weighted by Crippen LogP contribution is -2.39. The topological polar surface area (TPSA) is 80.7 Å². The van der Waals surface area contributed by atoms with Crippen LogP contribution in [0.25, 0.3) is 0 Å². The average molecular weight is 587 g/mol. The minimum atomic E-state index is -5.04. The molecule has 0 amide bonds. The highest BCUT2D eigenvalue weighted by atomic mass is 32.2. The largest absolute Gasteiger partial charge is 0.451 e. The minimum Gasteiger partial charge on any atom is -0.451 e. The first-order valence-corrected chi connectivity index (χ1v) is 17.4. The predicted octanol–water partition coefficient (Wildman–Crippen LogP) is 10.1. The summed E-state index contributed by atoms with van der Waals surface area (Å²) in [5, 5.41) is 0. The lowest BCUT2D eigenvalue weighted by atomic mass is 10.0. The van der Waals surface area contributed by atoms with Gasteiger partial charge in [-0.05, 0) is 6.42 Å². The predicted molar refractivity (Wildman–Crippen MR) is 153 cm³/mol. The Kier molecular flexibility index (Phi) is 24.4. The molecule has 0 saturated heterocycles. The summed E-state index contributed by atoms with van der Waals surface area (Å²) in [6.45, 7) is 2.27. The second-order valence-electron chi connectivity index (χ2n) is 11.2. The van der Waals surface area contributed by atoms with Crippen molar-refractivity contribution in [1.82, 2.24) is 0 Å². The number of ether oxygens (including phenoxy) is 1. The van der Waals surface area contributed by atoms with E-state index in [2.05, 4.69) is 11.7 Å². The summed E-state index contributed by atoms with van der Waals surface area (Å²) in [7, 11) is -4.91. The highest BCUT2D eigenvalue weighted by Crippen LogP contribution is 2.25. The van der Waals surface area contributed by atoms with Gasteiger partial charge < -0.3 is 4.74 Å². The van der Waals surface area contributed by atoms with Crippen molar-refractivity contribution in [2.75, 3.05) is 5.75 Å². The first-order chi connectivity index (χ1) is 18.6. The van der Waals surface area contributed by atoms with Gasteiger partial charge in [0.1, 0.15) is 5.75 Å². The maximum atomic E-state index is 12.8. The molecule has 0 rings (SSSR count). The number of carbonyl (C=O) groups excluding carboxylic acids is 1. The van der Waals surface area contributed by atoms with Crippen LogP contribution < -0.4 is 0 Å². The third-order valence-electron chi connectivity index (χ3n) is 7.24. The van der Waals surface area contributed by atoms with Crippen molar-refractivity contribution in [2.24, 2.45) is 0 Å². The lowest BCUT2D eigenvalue weighted by molar-refractivity contribution is -0.215. The number of hydrogen-bond donors (Lipinski definition) is 1. The van der Waals surface area contributed by atoms with E-state index in [9.17, 15) is 26.4 Å². The van der Waals surface area contributed by atoms with E-state index in [4.69, 9.17) is 4.55 Å². The van der Waals surface area contributed by atoms with Crippen LogP contribution in [-0.4, -0.2) is 37.0 Å². The first kappa shape index (κ1) is 38.2. The molecule has 0 radical (unpaired) electrons. The van der Waals surface area contributed by atoms with E-state index in [0.717, 1.165) is 19.3 Å². The fourth-order valence-electron chi connectivity index (χ4n) is 4.84. The van der Waals surface area contributed by atoms with Gasteiger partial charge >= 0.3 is 12.1 Å². The summed E-state index contributed by atoms with van der Waals surface area (Å²) >= 11 is 0. The molecule has 1 atom stereocenters. The lowest BCUT2D eigenvalue weighted by Gasteiger charge is -2.19. The number of esters is 1. The Morgan fingerprint density at radius 3 is 1.15 bits per heavy atom. The Hall–Kier alpha value is -0.830. The Balaban J connectivity index is 3.39. The van der Waals surface area contributed by atoms with E-state index in [1.54, 1.807) is 0 Å². The highest BCUT2D eigenvalue weighted by molar-refractivity contribution is 7.85. The molecule has 234 valence electrons. The molecule has 0 aromatic carbocycles. The van der Waals surface area contributed by atoms with Crippen molar-refractivity contribution in [2.45, 2.75) is 180 Å². The summed E-state index contributed by atoms with van der Waals surface area (Å²) in [6.07, 6.45) is 21.9. The molecule has 0 aliphatic heterocycles. The van der Waals surface area contributed by atoms with Gasteiger partial charge in [-0.25, -0.2) is 0 Å².